The number of ether oxygens (including phenoxy) is 2. The lowest BCUT2D eigenvalue weighted by Crippen LogP contribution is -2.07. The minimum atomic E-state index is -0.149. The van der Waals surface area contributed by atoms with E-state index in [1.165, 1.54) is 0 Å². The Balaban J connectivity index is 1.73. The summed E-state index contributed by atoms with van der Waals surface area (Å²) in [5.74, 6) is 1.33. The van der Waals surface area contributed by atoms with Crippen molar-refractivity contribution in [3.63, 3.8) is 0 Å². The fraction of sp³-hybridized carbons (Fsp3) is 0.0952. The molecule has 6 heteroatoms. The van der Waals surface area contributed by atoms with Crippen LogP contribution in [-0.2, 0) is 0 Å². The van der Waals surface area contributed by atoms with E-state index in [9.17, 15) is 4.79 Å². The fourth-order valence-corrected chi connectivity index (χ4v) is 2.83. The molecule has 2 heterocycles. The Morgan fingerprint density at radius 3 is 2.11 bits per heavy atom. The molecule has 0 aliphatic rings. The lowest BCUT2D eigenvalue weighted by Gasteiger charge is -2.06. The summed E-state index contributed by atoms with van der Waals surface area (Å²) in [5, 5.41) is 4.61. The number of hydrogen-bond donors (Lipinski definition) is 0. The highest BCUT2D eigenvalue weighted by Crippen LogP contribution is 2.22. The normalized spacial score (nSPS) is 10.7. The Morgan fingerprint density at radius 1 is 0.852 bits per heavy atom. The van der Waals surface area contributed by atoms with Crippen LogP contribution in [0.1, 0.15) is 16.1 Å². The summed E-state index contributed by atoms with van der Waals surface area (Å²) >= 11 is 0. The first-order valence-corrected chi connectivity index (χ1v) is 8.37. The number of carbonyl (C=O) groups excluding carboxylic acids is 1. The highest BCUT2D eigenvalue weighted by atomic mass is 16.5. The van der Waals surface area contributed by atoms with Crippen LogP contribution in [0.15, 0.2) is 66.9 Å². The summed E-state index contributed by atoms with van der Waals surface area (Å²) in [6.45, 7) is 0. The van der Waals surface area contributed by atoms with Gasteiger partial charge in [0.1, 0.15) is 17.2 Å². The third-order valence-electron chi connectivity index (χ3n) is 4.33. The average molecular weight is 359 g/mol. The molecule has 4 rings (SSSR count). The molecule has 134 valence electrons. The fourth-order valence-electron chi connectivity index (χ4n) is 2.83. The maximum atomic E-state index is 12.9. The molecule has 0 saturated carbocycles. The Labute approximate surface area is 156 Å². The summed E-state index contributed by atoms with van der Waals surface area (Å²) in [6, 6.07) is 18.3. The van der Waals surface area contributed by atoms with Gasteiger partial charge in [-0.25, -0.2) is 9.50 Å². The van der Waals surface area contributed by atoms with E-state index in [1.54, 1.807) is 49.2 Å². The van der Waals surface area contributed by atoms with E-state index in [1.807, 2.05) is 36.4 Å². The first kappa shape index (κ1) is 16.8. The Morgan fingerprint density at radius 2 is 1.48 bits per heavy atom. The number of methoxy groups -OCH3 is 2. The van der Waals surface area contributed by atoms with Crippen LogP contribution < -0.4 is 9.47 Å². The smallest absolute Gasteiger partial charge is 0.213 e. The minimum absolute atomic E-state index is 0.149. The number of imidazole rings is 1. The molecule has 0 bridgehead atoms. The standard InChI is InChI=1S/C21H17N3O3/c1-26-16-7-3-14(4-8-16)18-11-12-20-22-13-19(24(20)23-18)21(25)15-5-9-17(27-2)10-6-15/h3-13H,1-2H3. The number of rotatable bonds is 5. The summed E-state index contributed by atoms with van der Waals surface area (Å²) in [6.07, 6.45) is 1.55. The van der Waals surface area contributed by atoms with Gasteiger partial charge in [0.25, 0.3) is 0 Å². The first-order valence-electron chi connectivity index (χ1n) is 8.37. The van der Waals surface area contributed by atoms with Crippen molar-refractivity contribution in [2.24, 2.45) is 0 Å². The predicted molar refractivity (Wildman–Crippen MR) is 101 cm³/mol. The Kier molecular flexibility index (Phi) is 4.30. The van der Waals surface area contributed by atoms with Gasteiger partial charge >= 0.3 is 0 Å². The van der Waals surface area contributed by atoms with Crippen LogP contribution in [0.5, 0.6) is 11.5 Å². The molecule has 0 N–H and O–H groups in total. The van der Waals surface area contributed by atoms with E-state index in [-0.39, 0.29) is 5.78 Å². The summed E-state index contributed by atoms with van der Waals surface area (Å²) < 4.78 is 11.9. The molecule has 0 atom stereocenters. The molecule has 6 nitrogen and oxygen atoms in total. The average Bonchev–Trinajstić information content (AvgIpc) is 3.16. The molecule has 2 aromatic carbocycles. The van der Waals surface area contributed by atoms with Crippen molar-refractivity contribution in [1.29, 1.82) is 0 Å². The second-order valence-electron chi connectivity index (χ2n) is 5.92. The van der Waals surface area contributed by atoms with Gasteiger partial charge in [-0.1, -0.05) is 0 Å². The number of carbonyl (C=O) groups is 1. The van der Waals surface area contributed by atoms with Gasteiger partial charge in [-0.15, -0.1) is 0 Å². The van der Waals surface area contributed by atoms with E-state index in [4.69, 9.17) is 9.47 Å². The second kappa shape index (κ2) is 6.92. The first-order chi connectivity index (χ1) is 13.2. The zero-order valence-electron chi connectivity index (χ0n) is 14.9. The van der Waals surface area contributed by atoms with Gasteiger partial charge < -0.3 is 9.47 Å². The highest BCUT2D eigenvalue weighted by Gasteiger charge is 2.16. The van der Waals surface area contributed by atoms with E-state index >= 15 is 0 Å². The SMILES string of the molecule is COc1ccc(C(=O)c2cnc3ccc(-c4ccc(OC)cc4)nn23)cc1. The van der Waals surface area contributed by atoms with Crippen molar-refractivity contribution in [1.82, 2.24) is 14.6 Å². The molecule has 0 unspecified atom stereocenters. The van der Waals surface area contributed by atoms with Crippen molar-refractivity contribution in [3.8, 4) is 22.8 Å². The van der Waals surface area contributed by atoms with Crippen molar-refractivity contribution in [2.75, 3.05) is 14.2 Å². The molecular weight excluding hydrogens is 342 g/mol. The van der Waals surface area contributed by atoms with Gasteiger partial charge in [-0.05, 0) is 60.7 Å². The maximum Gasteiger partial charge on any atom is 0.213 e. The summed E-state index contributed by atoms with van der Waals surface area (Å²) in [4.78, 5) is 17.2. The maximum absolute atomic E-state index is 12.9. The van der Waals surface area contributed by atoms with Crippen molar-refractivity contribution < 1.29 is 14.3 Å². The monoisotopic (exact) mass is 359 g/mol. The van der Waals surface area contributed by atoms with Gasteiger partial charge in [-0.3, -0.25) is 4.79 Å². The Hall–Kier alpha value is -3.67. The third kappa shape index (κ3) is 3.13. The quantitative estimate of drug-likeness (QED) is 0.509. The predicted octanol–water partition coefficient (Wildman–Crippen LogP) is 3.64. The zero-order chi connectivity index (χ0) is 18.8. The van der Waals surface area contributed by atoms with Crippen LogP contribution in [0.4, 0.5) is 0 Å². The minimum Gasteiger partial charge on any atom is -0.497 e. The number of aromatic nitrogens is 3. The van der Waals surface area contributed by atoms with E-state index in [2.05, 4.69) is 10.1 Å². The second-order valence-corrected chi connectivity index (χ2v) is 5.92. The molecule has 0 aliphatic carbocycles. The van der Waals surface area contributed by atoms with E-state index in [0.29, 0.717) is 22.7 Å². The number of ketones is 1. The molecular formula is C21H17N3O3. The topological polar surface area (TPSA) is 65.7 Å². The molecule has 0 amide bonds. The van der Waals surface area contributed by atoms with Crippen LogP contribution >= 0.6 is 0 Å². The molecule has 0 radical (unpaired) electrons. The number of fused-ring (bicyclic) bond motifs is 1. The third-order valence-corrected chi connectivity index (χ3v) is 4.33. The summed E-state index contributed by atoms with van der Waals surface area (Å²) in [7, 11) is 3.22. The van der Waals surface area contributed by atoms with Crippen molar-refractivity contribution in [3.05, 3.63) is 78.1 Å². The lowest BCUT2D eigenvalue weighted by atomic mass is 10.1. The molecule has 0 fully saturated rings. The molecule has 4 aromatic rings. The van der Waals surface area contributed by atoms with E-state index in [0.717, 1.165) is 17.0 Å². The van der Waals surface area contributed by atoms with Crippen LogP contribution in [0, 0.1) is 0 Å². The Bertz CT molecular complexity index is 1100. The molecule has 0 aliphatic heterocycles. The van der Waals surface area contributed by atoms with Gasteiger partial charge in [0.05, 0.1) is 26.1 Å². The van der Waals surface area contributed by atoms with Gasteiger partial charge in [-0.2, -0.15) is 5.10 Å². The molecule has 0 saturated heterocycles. The number of hydrogen-bond acceptors (Lipinski definition) is 5. The van der Waals surface area contributed by atoms with Crippen LogP contribution in [-0.4, -0.2) is 34.6 Å². The summed E-state index contributed by atoms with van der Waals surface area (Å²) in [5.41, 5.74) is 3.24. The van der Waals surface area contributed by atoms with Crippen LogP contribution in [0.2, 0.25) is 0 Å². The van der Waals surface area contributed by atoms with E-state index < -0.39 is 0 Å². The van der Waals surface area contributed by atoms with Crippen LogP contribution in [0.3, 0.4) is 0 Å². The van der Waals surface area contributed by atoms with Crippen LogP contribution in [0.25, 0.3) is 16.9 Å². The molecule has 2 aromatic heterocycles. The zero-order valence-corrected chi connectivity index (χ0v) is 14.9. The van der Waals surface area contributed by atoms with Gasteiger partial charge in [0.2, 0.25) is 5.78 Å². The molecule has 0 spiro atoms. The largest absolute Gasteiger partial charge is 0.497 e. The highest BCUT2D eigenvalue weighted by molar-refractivity contribution is 6.08. The van der Waals surface area contributed by atoms with Gasteiger partial charge in [0.15, 0.2) is 5.65 Å². The van der Waals surface area contributed by atoms with Gasteiger partial charge in [0, 0.05) is 11.1 Å². The lowest BCUT2D eigenvalue weighted by molar-refractivity contribution is 0.103. The van der Waals surface area contributed by atoms with Crippen molar-refractivity contribution >= 4 is 11.4 Å². The number of nitrogens with zero attached hydrogens (tertiary/aromatic N) is 3. The van der Waals surface area contributed by atoms with Crippen molar-refractivity contribution in [2.45, 2.75) is 0 Å². The number of benzene rings is 2. The molecule has 27 heavy (non-hydrogen) atoms.